The van der Waals surface area contributed by atoms with E-state index in [-0.39, 0.29) is 11.9 Å². The minimum absolute atomic E-state index is 0.120. The highest BCUT2D eigenvalue weighted by molar-refractivity contribution is 6.32. The number of hydrogen-bond donors (Lipinski definition) is 1. The van der Waals surface area contributed by atoms with Crippen LogP contribution in [0.1, 0.15) is 27.7 Å². The van der Waals surface area contributed by atoms with Crippen LogP contribution in [0.2, 0.25) is 5.02 Å². The van der Waals surface area contributed by atoms with Gasteiger partial charge in [0.05, 0.1) is 5.02 Å². The summed E-state index contributed by atoms with van der Waals surface area (Å²) in [6.07, 6.45) is -0.564. The van der Waals surface area contributed by atoms with E-state index in [1.165, 1.54) is 0 Å². The van der Waals surface area contributed by atoms with E-state index in [9.17, 15) is 4.79 Å². The lowest BCUT2D eigenvalue weighted by atomic mass is 10.1. The Morgan fingerprint density at radius 1 is 1.22 bits per heavy atom. The fourth-order valence-electron chi connectivity index (χ4n) is 1.29. The number of benzene rings is 1. The normalized spacial score (nSPS) is 14.1. The van der Waals surface area contributed by atoms with E-state index in [1.54, 1.807) is 19.1 Å². The lowest BCUT2D eigenvalue weighted by Crippen LogP contribution is -2.43. The van der Waals surface area contributed by atoms with Gasteiger partial charge >= 0.3 is 0 Å². The van der Waals surface area contributed by atoms with Crippen LogP contribution in [0, 0.1) is 5.92 Å². The monoisotopic (exact) mass is 269 g/mol. The van der Waals surface area contributed by atoms with Crippen molar-refractivity contribution < 1.29 is 9.53 Å². The second kappa shape index (κ2) is 6.64. The Labute approximate surface area is 113 Å². The maximum atomic E-state index is 11.9. The van der Waals surface area contributed by atoms with Gasteiger partial charge in [-0.05, 0) is 31.9 Å². The summed E-state index contributed by atoms with van der Waals surface area (Å²) in [7, 11) is 0. The molecule has 1 amide bonds. The quantitative estimate of drug-likeness (QED) is 0.891. The van der Waals surface area contributed by atoms with Gasteiger partial charge in [-0.3, -0.25) is 4.79 Å². The van der Waals surface area contributed by atoms with Crippen LogP contribution < -0.4 is 10.1 Å². The molecular weight excluding hydrogens is 250 g/mol. The van der Waals surface area contributed by atoms with Crippen LogP contribution in [0.25, 0.3) is 0 Å². The van der Waals surface area contributed by atoms with E-state index in [1.807, 2.05) is 19.1 Å². The number of amides is 1. The molecule has 18 heavy (non-hydrogen) atoms. The third-order valence-electron chi connectivity index (χ3n) is 2.88. The highest BCUT2D eigenvalue weighted by atomic mass is 35.5. The van der Waals surface area contributed by atoms with Crippen molar-refractivity contribution in [1.82, 2.24) is 5.32 Å². The standard InChI is InChI=1S/C14H20ClNO2/c1-9(2)10(3)16-14(17)11(4)18-13-8-6-5-7-12(13)15/h5-11H,1-4H3,(H,16,17). The first-order chi connectivity index (χ1) is 8.41. The number of rotatable bonds is 5. The molecule has 3 nitrogen and oxygen atoms in total. The van der Waals surface area contributed by atoms with Crippen molar-refractivity contribution in [1.29, 1.82) is 0 Å². The zero-order valence-corrected chi connectivity index (χ0v) is 12.0. The van der Waals surface area contributed by atoms with Crippen molar-refractivity contribution in [2.24, 2.45) is 5.92 Å². The topological polar surface area (TPSA) is 38.3 Å². The molecule has 0 spiro atoms. The minimum Gasteiger partial charge on any atom is -0.479 e. The molecule has 0 aliphatic rings. The van der Waals surface area contributed by atoms with E-state index >= 15 is 0 Å². The molecule has 0 heterocycles. The molecule has 4 heteroatoms. The van der Waals surface area contributed by atoms with E-state index in [4.69, 9.17) is 16.3 Å². The number of carbonyl (C=O) groups excluding carboxylic acids is 1. The Kier molecular flexibility index (Phi) is 5.48. The molecule has 1 N–H and O–H groups in total. The molecule has 1 aromatic carbocycles. The van der Waals surface area contributed by atoms with E-state index in [0.717, 1.165) is 0 Å². The third-order valence-corrected chi connectivity index (χ3v) is 3.19. The molecule has 0 radical (unpaired) electrons. The summed E-state index contributed by atoms with van der Waals surface area (Å²) < 4.78 is 5.54. The molecule has 0 saturated heterocycles. The van der Waals surface area contributed by atoms with Crippen molar-refractivity contribution in [2.45, 2.75) is 39.8 Å². The van der Waals surface area contributed by atoms with Crippen molar-refractivity contribution in [3.05, 3.63) is 29.3 Å². The van der Waals surface area contributed by atoms with E-state index < -0.39 is 6.10 Å². The number of carbonyl (C=O) groups is 1. The van der Waals surface area contributed by atoms with Gasteiger partial charge in [-0.25, -0.2) is 0 Å². The SMILES string of the molecule is CC(Oc1ccccc1Cl)C(=O)NC(C)C(C)C. The summed E-state index contributed by atoms with van der Waals surface area (Å²) in [5.74, 6) is 0.789. The predicted molar refractivity (Wildman–Crippen MR) is 74.0 cm³/mol. The van der Waals surface area contributed by atoms with Gasteiger partial charge in [-0.15, -0.1) is 0 Å². The first-order valence-electron chi connectivity index (χ1n) is 6.13. The molecule has 1 rings (SSSR count). The molecular formula is C14H20ClNO2. The van der Waals surface area contributed by atoms with Gasteiger partial charge in [0.2, 0.25) is 0 Å². The van der Waals surface area contributed by atoms with Gasteiger partial charge in [-0.1, -0.05) is 37.6 Å². The molecule has 1 aromatic rings. The number of halogens is 1. The van der Waals surface area contributed by atoms with Gasteiger partial charge in [0.25, 0.3) is 5.91 Å². The fraction of sp³-hybridized carbons (Fsp3) is 0.500. The minimum atomic E-state index is -0.564. The number of nitrogens with one attached hydrogen (secondary N) is 1. The van der Waals surface area contributed by atoms with Gasteiger partial charge in [0.1, 0.15) is 5.75 Å². The first kappa shape index (κ1) is 14.8. The van der Waals surface area contributed by atoms with Crippen LogP contribution in [0.4, 0.5) is 0 Å². The number of hydrogen-bond acceptors (Lipinski definition) is 2. The molecule has 100 valence electrons. The molecule has 0 aromatic heterocycles. The molecule has 0 bridgehead atoms. The Hall–Kier alpha value is -1.22. The fourth-order valence-corrected chi connectivity index (χ4v) is 1.47. The summed E-state index contributed by atoms with van der Waals surface area (Å²) in [4.78, 5) is 11.9. The summed E-state index contributed by atoms with van der Waals surface area (Å²) in [6, 6.07) is 7.24. The van der Waals surface area contributed by atoms with Crippen molar-refractivity contribution in [3.8, 4) is 5.75 Å². The maximum absolute atomic E-state index is 11.9. The average molecular weight is 270 g/mol. The van der Waals surface area contributed by atoms with Gasteiger partial charge in [0.15, 0.2) is 6.10 Å². The lowest BCUT2D eigenvalue weighted by molar-refractivity contribution is -0.128. The first-order valence-corrected chi connectivity index (χ1v) is 6.51. The summed E-state index contributed by atoms with van der Waals surface area (Å²) >= 11 is 5.97. The molecule has 0 aliphatic heterocycles. The van der Waals surface area contributed by atoms with Crippen molar-refractivity contribution >= 4 is 17.5 Å². The van der Waals surface area contributed by atoms with Crippen LogP contribution in [-0.4, -0.2) is 18.1 Å². The summed E-state index contributed by atoms with van der Waals surface area (Å²) in [6.45, 7) is 7.81. The highest BCUT2D eigenvalue weighted by Crippen LogP contribution is 2.24. The zero-order chi connectivity index (χ0) is 13.7. The van der Waals surface area contributed by atoms with Crippen molar-refractivity contribution in [2.75, 3.05) is 0 Å². The average Bonchev–Trinajstić information content (AvgIpc) is 2.31. The lowest BCUT2D eigenvalue weighted by Gasteiger charge is -2.21. The van der Waals surface area contributed by atoms with Crippen LogP contribution in [0.15, 0.2) is 24.3 Å². The highest BCUT2D eigenvalue weighted by Gasteiger charge is 2.18. The number of para-hydroxylation sites is 1. The largest absolute Gasteiger partial charge is 0.479 e. The molecule has 2 unspecified atom stereocenters. The Morgan fingerprint density at radius 2 is 1.83 bits per heavy atom. The second-order valence-corrected chi connectivity index (χ2v) is 5.14. The number of ether oxygens (including phenoxy) is 1. The van der Waals surface area contributed by atoms with Gasteiger partial charge < -0.3 is 10.1 Å². The van der Waals surface area contributed by atoms with Crippen molar-refractivity contribution in [3.63, 3.8) is 0 Å². The Bertz CT molecular complexity index is 407. The Morgan fingerprint density at radius 3 is 2.39 bits per heavy atom. The molecule has 0 saturated carbocycles. The molecule has 0 aliphatic carbocycles. The maximum Gasteiger partial charge on any atom is 0.260 e. The Balaban J connectivity index is 2.58. The van der Waals surface area contributed by atoms with E-state index in [2.05, 4.69) is 19.2 Å². The zero-order valence-electron chi connectivity index (χ0n) is 11.2. The second-order valence-electron chi connectivity index (χ2n) is 4.73. The van der Waals surface area contributed by atoms with Gasteiger partial charge in [0, 0.05) is 6.04 Å². The van der Waals surface area contributed by atoms with E-state index in [0.29, 0.717) is 16.7 Å². The van der Waals surface area contributed by atoms with Crippen LogP contribution in [0.3, 0.4) is 0 Å². The van der Waals surface area contributed by atoms with Gasteiger partial charge in [-0.2, -0.15) is 0 Å². The van der Waals surface area contributed by atoms with Crippen LogP contribution in [-0.2, 0) is 4.79 Å². The molecule has 0 fully saturated rings. The summed E-state index contributed by atoms with van der Waals surface area (Å²) in [5, 5.41) is 3.42. The predicted octanol–water partition coefficient (Wildman–Crippen LogP) is 3.27. The van der Waals surface area contributed by atoms with Crippen LogP contribution in [0.5, 0.6) is 5.75 Å². The smallest absolute Gasteiger partial charge is 0.260 e. The van der Waals surface area contributed by atoms with Crippen LogP contribution >= 0.6 is 11.6 Å². The third kappa shape index (κ3) is 4.22. The molecule has 2 atom stereocenters. The summed E-state index contributed by atoms with van der Waals surface area (Å²) in [5.41, 5.74) is 0.